The molecule has 1 saturated carbocycles. The lowest BCUT2D eigenvalue weighted by Crippen LogP contribution is -2.73. The van der Waals surface area contributed by atoms with E-state index < -0.39 is 104 Å². The molecule has 19 nitrogen and oxygen atoms in total. The first-order valence-electron chi connectivity index (χ1n) is 17.1. The Balaban J connectivity index is 1.70. The van der Waals surface area contributed by atoms with Crippen LogP contribution in [0, 0.1) is 0 Å². The van der Waals surface area contributed by atoms with Gasteiger partial charge in [0.1, 0.15) is 50.3 Å². The van der Waals surface area contributed by atoms with Crippen LogP contribution in [0.4, 0.5) is 9.59 Å². The second-order valence-electron chi connectivity index (χ2n) is 12.8. The average molecular weight is 776 g/mol. The summed E-state index contributed by atoms with van der Waals surface area (Å²) in [7, 11) is 2.41. The Kier molecular flexibility index (Phi) is 14.9. The van der Waals surface area contributed by atoms with Gasteiger partial charge in [-0.1, -0.05) is 65.8 Å². The number of hydrogen-bond donors (Lipinski definition) is 4. The molecule has 2 aromatic carbocycles. The molecule has 4 rings (SSSR count). The molecule has 1 aliphatic heterocycles. The first-order valence-corrected chi connectivity index (χ1v) is 17.1. The highest BCUT2D eigenvalue weighted by molar-refractivity contribution is 5.94. The topological polar surface area (TPSA) is 250 Å². The average Bonchev–Trinajstić information content (AvgIpc) is 3.15. The lowest BCUT2D eigenvalue weighted by Gasteiger charge is -2.51. The molecule has 2 amide bonds. The Labute approximate surface area is 315 Å². The second-order valence-corrected chi connectivity index (χ2v) is 12.8. The van der Waals surface area contributed by atoms with Gasteiger partial charge in [0.15, 0.2) is 17.9 Å². The number of carbonyl (C=O) groups is 5. The minimum atomic E-state index is -1.99. The van der Waals surface area contributed by atoms with Gasteiger partial charge in [-0.05, 0) is 11.1 Å². The van der Waals surface area contributed by atoms with Crippen LogP contribution in [0.15, 0.2) is 65.8 Å². The van der Waals surface area contributed by atoms with Crippen molar-refractivity contribution >= 4 is 35.8 Å². The van der Waals surface area contributed by atoms with Crippen molar-refractivity contribution in [2.75, 3.05) is 20.7 Å². The highest BCUT2D eigenvalue weighted by Gasteiger charge is 2.57. The maximum Gasteiger partial charge on any atom is 0.410 e. The molecular weight excluding hydrogens is 730 g/mol. The molecule has 0 radical (unpaired) electrons. The zero-order chi connectivity index (χ0) is 40.4. The third-order valence-corrected chi connectivity index (χ3v) is 8.89. The number of ether oxygens (including phenoxy) is 7. The first-order chi connectivity index (χ1) is 26.1. The summed E-state index contributed by atoms with van der Waals surface area (Å²) in [6.45, 7) is 2.17. The Hall–Kier alpha value is -5.34. The number of amides is 2. The van der Waals surface area contributed by atoms with Crippen molar-refractivity contribution < 1.29 is 77.7 Å². The number of aliphatic hydroxyl groups excluding tert-OH is 3. The van der Waals surface area contributed by atoms with Gasteiger partial charge < -0.3 is 63.5 Å². The number of rotatable bonds is 12. The summed E-state index contributed by atoms with van der Waals surface area (Å²) in [5.41, 5.74) is 0.644. The van der Waals surface area contributed by atoms with Crippen molar-refractivity contribution in [3.8, 4) is 0 Å². The highest BCUT2D eigenvalue weighted by Crippen LogP contribution is 2.34. The molecule has 4 N–H and O–H groups in total. The number of hydrogen-bond acceptors (Lipinski definition) is 17. The molecule has 1 heterocycles. The Morgan fingerprint density at radius 3 is 1.56 bits per heavy atom. The van der Waals surface area contributed by atoms with Crippen LogP contribution in [0.3, 0.4) is 0 Å². The monoisotopic (exact) mass is 775 g/mol. The maximum absolute atomic E-state index is 13.4. The van der Waals surface area contributed by atoms with E-state index in [9.17, 15) is 44.5 Å². The molecule has 0 bridgehead atoms. The van der Waals surface area contributed by atoms with Gasteiger partial charge in [0, 0.05) is 34.9 Å². The van der Waals surface area contributed by atoms with Crippen LogP contribution in [0.2, 0.25) is 0 Å². The summed E-state index contributed by atoms with van der Waals surface area (Å²) in [4.78, 5) is 64.4. The molecule has 2 fully saturated rings. The highest BCUT2D eigenvalue weighted by atomic mass is 16.7. The summed E-state index contributed by atoms with van der Waals surface area (Å²) >= 11 is 0. The third-order valence-electron chi connectivity index (χ3n) is 8.89. The number of nitrogens with zero attached hydrogens (tertiary/aromatic N) is 3. The number of esters is 3. The van der Waals surface area contributed by atoms with Crippen LogP contribution in [0.25, 0.3) is 0 Å². The SMILES string of the molecule is CC(=O)OC[C@@H]1O[C@H](OC2[C@@H](O)[C@@H](N(C)C(=O)OCc3ccccc3)C(O)[C@@H](N(C)C(=O)OCc3ccccc3)[C@H]2O)C(=NO)[C@H](OC(C)=O)[C@@H]1OC(C)=O. The van der Waals surface area contributed by atoms with E-state index in [1.807, 2.05) is 0 Å². The lowest BCUT2D eigenvalue weighted by atomic mass is 9.80. The second kappa shape index (κ2) is 19.3. The van der Waals surface area contributed by atoms with Crippen LogP contribution in [0.5, 0.6) is 0 Å². The minimum absolute atomic E-state index is 0.183. The Morgan fingerprint density at radius 1 is 0.673 bits per heavy atom. The molecule has 1 saturated heterocycles. The van der Waals surface area contributed by atoms with Crippen molar-refractivity contribution in [3.63, 3.8) is 0 Å². The molecular formula is C36H45N3O16. The largest absolute Gasteiger partial charge is 0.463 e. The predicted molar refractivity (Wildman–Crippen MR) is 185 cm³/mol. The van der Waals surface area contributed by atoms with E-state index in [4.69, 9.17) is 33.2 Å². The van der Waals surface area contributed by atoms with E-state index in [-0.39, 0.29) is 13.2 Å². The molecule has 10 atom stereocenters. The molecule has 2 aromatic rings. The summed E-state index contributed by atoms with van der Waals surface area (Å²) in [5, 5.41) is 48.5. The van der Waals surface area contributed by atoms with E-state index >= 15 is 0 Å². The molecule has 19 heteroatoms. The standard InChI is InChI=1S/C36H45N3O16/c1-19(40)49-18-24-31(52-20(2)41)32(53-21(3)42)25(37-48)34(54-24)55-33-29(44)26(38(4)35(46)50-16-22-12-8-6-9-13-22)28(43)27(30(33)45)39(5)36(47)51-17-23-14-10-7-11-15-23/h6-15,24,26-34,43-45,48H,16-18H2,1-5H3/t24-,26-,27+,28?,29-,30+,31+,32-,33?,34+/m0/s1. The number of aliphatic hydroxyl groups is 3. The van der Waals surface area contributed by atoms with Gasteiger partial charge in [0.25, 0.3) is 0 Å². The van der Waals surface area contributed by atoms with E-state index in [2.05, 4.69) is 5.16 Å². The van der Waals surface area contributed by atoms with Crippen molar-refractivity contribution in [2.45, 2.75) is 95.1 Å². The fourth-order valence-corrected chi connectivity index (χ4v) is 6.28. The van der Waals surface area contributed by atoms with Crippen LogP contribution in [-0.2, 0) is 60.8 Å². The van der Waals surface area contributed by atoms with Gasteiger partial charge in [-0.2, -0.15) is 0 Å². The summed E-state index contributed by atoms with van der Waals surface area (Å²) in [6.07, 6.45) is -16.4. The van der Waals surface area contributed by atoms with Gasteiger partial charge in [-0.25, -0.2) is 9.59 Å². The minimum Gasteiger partial charge on any atom is -0.463 e. The number of benzene rings is 2. The van der Waals surface area contributed by atoms with Crippen LogP contribution in [0.1, 0.15) is 31.9 Å². The van der Waals surface area contributed by atoms with Gasteiger partial charge in [-0.15, -0.1) is 0 Å². The Bertz CT molecular complexity index is 1590. The quantitative estimate of drug-likeness (QED) is 0.100. The van der Waals surface area contributed by atoms with Gasteiger partial charge in [0.2, 0.25) is 6.29 Å². The van der Waals surface area contributed by atoms with Gasteiger partial charge >= 0.3 is 30.1 Å². The van der Waals surface area contributed by atoms with E-state index in [1.54, 1.807) is 60.7 Å². The molecule has 0 spiro atoms. The van der Waals surface area contributed by atoms with Crippen molar-refractivity contribution in [1.29, 1.82) is 0 Å². The number of oxime groups is 1. The summed E-state index contributed by atoms with van der Waals surface area (Å²) in [6, 6.07) is 14.0. The third kappa shape index (κ3) is 10.7. The zero-order valence-corrected chi connectivity index (χ0v) is 30.7. The number of carbonyl (C=O) groups excluding carboxylic acids is 5. The van der Waals surface area contributed by atoms with E-state index in [1.165, 1.54) is 14.1 Å². The fourth-order valence-electron chi connectivity index (χ4n) is 6.28. The van der Waals surface area contributed by atoms with E-state index in [0.717, 1.165) is 30.6 Å². The lowest BCUT2D eigenvalue weighted by molar-refractivity contribution is -0.268. The summed E-state index contributed by atoms with van der Waals surface area (Å²) in [5.74, 6) is -2.57. The predicted octanol–water partition coefficient (Wildman–Crippen LogP) is 0.724. The van der Waals surface area contributed by atoms with Gasteiger partial charge in [0.05, 0.1) is 12.1 Å². The molecule has 55 heavy (non-hydrogen) atoms. The zero-order valence-electron chi connectivity index (χ0n) is 30.7. The maximum atomic E-state index is 13.4. The van der Waals surface area contributed by atoms with Crippen LogP contribution < -0.4 is 0 Å². The smallest absolute Gasteiger partial charge is 0.410 e. The summed E-state index contributed by atoms with van der Waals surface area (Å²) < 4.78 is 38.5. The fraction of sp³-hybridized carbons (Fsp3) is 0.500. The van der Waals surface area contributed by atoms with Crippen LogP contribution in [-0.4, -0.2) is 148 Å². The molecule has 1 aliphatic carbocycles. The van der Waals surface area contributed by atoms with Gasteiger partial charge in [-0.3, -0.25) is 14.4 Å². The van der Waals surface area contributed by atoms with Crippen molar-refractivity contribution in [2.24, 2.45) is 5.16 Å². The Morgan fingerprint density at radius 2 is 1.15 bits per heavy atom. The molecule has 2 unspecified atom stereocenters. The van der Waals surface area contributed by atoms with Crippen molar-refractivity contribution in [3.05, 3.63) is 71.8 Å². The molecule has 300 valence electrons. The van der Waals surface area contributed by atoms with Crippen LogP contribution >= 0.6 is 0 Å². The number of likely N-dealkylation sites (N-methyl/N-ethyl adjacent to an activating group) is 2. The van der Waals surface area contributed by atoms with E-state index in [0.29, 0.717) is 11.1 Å². The first kappa shape index (κ1) is 42.4. The molecule has 0 aromatic heterocycles. The molecule has 2 aliphatic rings. The normalized spacial score (nSPS) is 28.3. The van der Waals surface area contributed by atoms with Crippen molar-refractivity contribution in [1.82, 2.24) is 9.80 Å².